The number of benzene rings is 2. The summed E-state index contributed by atoms with van der Waals surface area (Å²) in [5.74, 6) is -0.0433. The fourth-order valence-corrected chi connectivity index (χ4v) is 4.99. The molecule has 0 radical (unpaired) electrons. The number of carboxylic acids is 1. The molecule has 3 aromatic rings. The molecule has 0 bridgehead atoms. The lowest BCUT2D eigenvalue weighted by molar-refractivity contribution is -0.138. The molecule has 1 heterocycles. The van der Waals surface area contributed by atoms with Crippen molar-refractivity contribution in [3.63, 3.8) is 0 Å². The Hall–Kier alpha value is -2.94. The van der Waals surface area contributed by atoms with Gasteiger partial charge in [0, 0.05) is 34.9 Å². The Morgan fingerprint density at radius 2 is 1.86 bits per heavy atom. The van der Waals surface area contributed by atoms with E-state index in [9.17, 15) is 4.79 Å². The van der Waals surface area contributed by atoms with Gasteiger partial charge in [-0.3, -0.25) is 9.69 Å². The summed E-state index contributed by atoms with van der Waals surface area (Å²) in [6.45, 7) is 12.2. The fourth-order valence-electron chi connectivity index (χ4n) is 3.86. The number of aryl methyl sites for hydroxylation is 2. The van der Waals surface area contributed by atoms with Crippen LogP contribution < -0.4 is 9.64 Å². The third-order valence-corrected chi connectivity index (χ3v) is 7.05. The monoisotopic (exact) mass is 528 g/mol. The van der Waals surface area contributed by atoms with E-state index in [0.29, 0.717) is 18.2 Å². The topological polar surface area (TPSA) is 78.8 Å². The molecule has 0 fully saturated rings. The molecule has 9 heteroatoms. The lowest BCUT2D eigenvalue weighted by atomic mass is 10.1. The summed E-state index contributed by atoms with van der Waals surface area (Å²) < 4.78 is 5.99. The maximum Gasteiger partial charge on any atom is 0.317 e. The van der Waals surface area contributed by atoms with Crippen LogP contribution in [0.25, 0.3) is 16.3 Å². The minimum atomic E-state index is -0.852. The predicted molar refractivity (Wildman–Crippen MR) is 148 cm³/mol. The Balaban J connectivity index is 1.79. The number of unbranched alkanes of at least 4 members (excludes halogenated alkanes) is 1. The third-order valence-electron chi connectivity index (χ3n) is 5.72. The van der Waals surface area contributed by atoms with E-state index in [-0.39, 0.29) is 6.54 Å². The minimum Gasteiger partial charge on any atom is -0.492 e. The molecule has 0 saturated heterocycles. The first-order valence-electron chi connectivity index (χ1n) is 11.9. The van der Waals surface area contributed by atoms with Crippen LogP contribution in [0, 0.1) is 13.8 Å². The molecule has 0 aliphatic heterocycles. The summed E-state index contributed by atoms with van der Waals surface area (Å²) in [4.78, 5) is 14.6. The van der Waals surface area contributed by atoms with Crippen LogP contribution in [-0.2, 0) is 4.79 Å². The van der Waals surface area contributed by atoms with Gasteiger partial charge in [0.05, 0.1) is 6.54 Å². The van der Waals surface area contributed by atoms with E-state index in [1.807, 2.05) is 50.2 Å². The van der Waals surface area contributed by atoms with Crippen molar-refractivity contribution in [1.29, 1.82) is 0 Å². The molecule has 1 aromatic heterocycles. The zero-order valence-electron chi connectivity index (χ0n) is 21.3. The number of hydrogen-bond acceptors (Lipinski definition) is 7. The first-order valence-corrected chi connectivity index (χ1v) is 13.1. The molecule has 0 unspecified atom stereocenters. The smallest absolute Gasteiger partial charge is 0.317 e. The molecule has 36 heavy (non-hydrogen) atoms. The van der Waals surface area contributed by atoms with Crippen molar-refractivity contribution in [3.8, 4) is 16.3 Å². The van der Waals surface area contributed by atoms with Gasteiger partial charge in [0.2, 0.25) is 5.13 Å². The van der Waals surface area contributed by atoms with Gasteiger partial charge >= 0.3 is 5.97 Å². The van der Waals surface area contributed by atoms with Crippen LogP contribution in [-0.4, -0.2) is 59.5 Å². The highest BCUT2D eigenvalue weighted by Crippen LogP contribution is 2.36. The molecule has 1 N–H and O–H groups in total. The highest BCUT2D eigenvalue weighted by molar-refractivity contribution is 7.18. The van der Waals surface area contributed by atoms with Crippen LogP contribution in [0.4, 0.5) is 5.13 Å². The number of aromatic nitrogens is 2. The Morgan fingerprint density at radius 3 is 2.50 bits per heavy atom. The second-order valence-electron chi connectivity index (χ2n) is 8.74. The van der Waals surface area contributed by atoms with Crippen LogP contribution in [0.1, 0.15) is 36.5 Å². The number of likely N-dealkylation sites (N-methyl/N-ethyl adjacent to an activating group) is 1. The Kier molecular flexibility index (Phi) is 9.87. The number of carbonyl (C=O) groups is 1. The lowest BCUT2D eigenvalue weighted by Crippen LogP contribution is -2.29. The van der Waals surface area contributed by atoms with Crippen LogP contribution >= 0.6 is 22.9 Å². The summed E-state index contributed by atoms with van der Waals surface area (Å²) >= 11 is 7.97. The van der Waals surface area contributed by atoms with E-state index in [0.717, 1.165) is 63.2 Å². The molecule has 3 rings (SSSR count). The molecular weight excluding hydrogens is 496 g/mol. The van der Waals surface area contributed by atoms with Gasteiger partial charge in [-0.1, -0.05) is 61.1 Å². The maximum absolute atomic E-state index is 10.8. The summed E-state index contributed by atoms with van der Waals surface area (Å²) in [5, 5.41) is 20.1. The first-order chi connectivity index (χ1) is 17.2. The zero-order valence-corrected chi connectivity index (χ0v) is 22.8. The van der Waals surface area contributed by atoms with Gasteiger partial charge in [0.1, 0.15) is 17.4 Å². The van der Waals surface area contributed by atoms with Gasteiger partial charge in [0.15, 0.2) is 0 Å². The molecule has 0 amide bonds. The van der Waals surface area contributed by atoms with E-state index in [1.165, 1.54) is 11.3 Å². The van der Waals surface area contributed by atoms with Crippen LogP contribution in [0.15, 0.2) is 43.0 Å². The normalized spacial score (nSPS) is 11.1. The van der Waals surface area contributed by atoms with Crippen molar-refractivity contribution >= 4 is 39.7 Å². The van der Waals surface area contributed by atoms with E-state index in [1.54, 1.807) is 11.9 Å². The molecule has 0 saturated carbocycles. The Morgan fingerprint density at radius 1 is 1.17 bits per heavy atom. The molecule has 7 nitrogen and oxygen atoms in total. The summed E-state index contributed by atoms with van der Waals surface area (Å²) in [5.41, 5.74) is 4.65. The quantitative estimate of drug-likeness (QED) is 0.285. The van der Waals surface area contributed by atoms with Gasteiger partial charge in [-0.15, -0.1) is 10.2 Å². The second-order valence-corrected chi connectivity index (χ2v) is 10.1. The molecule has 0 aliphatic carbocycles. The third kappa shape index (κ3) is 7.06. The highest BCUT2D eigenvalue weighted by Gasteiger charge is 2.20. The van der Waals surface area contributed by atoms with Crippen molar-refractivity contribution in [2.45, 2.75) is 33.6 Å². The van der Waals surface area contributed by atoms with E-state index in [4.69, 9.17) is 21.4 Å². The van der Waals surface area contributed by atoms with E-state index < -0.39 is 5.97 Å². The number of anilines is 1. The van der Waals surface area contributed by atoms with Crippen molar-refractivity contribution < 1.29 is 14.6 Å². The van der Waals surface area contributed by atoms with Gasteiger partial charge < -0.3 is 14.7 Å². The average molecular weight is 529 g/mol. The van der Waals surface area contributed by atoms with Crippen molar-refractivity contribution in [1.82, 2.24) is 15.1 Å². The van der Waals surface area contributed by atoms with Crippen molar-refractivity contribution in [2.24, 2.45) is 0 Å². The Labute approximate surface area is 222 Å². The average Bonchev–Trinajstić information content (AvgIpc) is 3.30. The molecule has 0 atom stereocenters. The Bertz CT molecular complexity index is 1190. The number of nitrogens with zero attached hydrogens (tertiary/aromatic N) is 4. The number of aliphatic carboxylic acids is 1. The van der Waals surface area contributed by atoms with Crippen molar-refractivity contribution in [3.05, 3.63) is 64.7 Å². The number of rotatable bonds is 13. The highest BCUT2D eigenvalue weighted by atomic mass is 35.5. The summed E-state index contributed by atoms with van der Waals surface area (Å²) in [6.07, 6.45) is 2.04. The molecule has 192 valence electrons. The first kappa shape index (κ1) is 27.6. The minimum absolute atomic E-state index is 0.0161. The number of carboxylic acid groups (broad SMARTS) is 1. The van der Waals surface area contributed by atoms with Gasteiger partial charge in [0.25, 0.3) is 0 Å². The van der Waals surface area contributed by atoms with Crippen LogP contribution in [0.2, 0.25) is 5.02 Å². The number of ether oxygens (including phenoxy) is 1. The molecular formula is C27H33ClN4O3S. The molecule has 0 spiro atoms. The standard InChI is InChI=1S/C27H33ClN4O3S/c1-6-7-12-32(20(4)22-10-8-9-11-23(22)28)27-30-29-26(36-27)21-15-18(2)25(19(3)16-21)35-14-13-31(5)17-24(33)34/h8-11,15-16H,4,6-7,12-14,17H2,1-3,5H3,(H,33,34). The van der Waals surface area contributed by atoms with Gasteiger partial charge in [-0.25, -0.2) is 0 Å². The molecule has 0 aliphatic rings. The maximum atomic E-state index is 10.8. The van der Waals surface area contributed by atoms with Gasteiger partial charge in [-0.2, -0.15) is 0 Å². The SMILES string of the molecule is C=C(c1ccccc1Cl)N(CCCC)c1nnc(-c2cc(C)c(OCCN(C)CC(=O)O)c(C)c2)s1. The zero-order chi connectivity index (χ0) is 26.2. The van der Waals surface area contributed by atoms with Crippen LogP contribution in [0.3, 0.4) is 0 Å². The largest absolute Gasteiger partial charge is 0.492 e. The fraction of sp³-hybridized carbons (Fsp3) is 0.370. The molecule has 2 aromatic carbocycles. The predicted octanol–water partition coefficient (Wildman–Crippen LogP) is 6.15. The van der Waals surface area contributed by atoms with E-state index in [2.05, 4.69) is 28.6 Å². The van der Waals surface area contributed by atoms with E-state index >= 15 is 0 Å². The summed E-state index contributed by atoms with van der Waals surface area (Å²) in [6, 6.07) is 11.8. The second kappa shape index (κ2) is 12.9. The summed E-state index contributed by atoms with van der Waals surface area (Å²) in [7, 11) is 1.76. The number of hydrogen-bond donors (Lipinski definition) is 1. The van der Waals surface area contributed by atoms with Crippen LogP contribution in [0.5, 0.6) is 5.75 Å². The lowest BCUT2D eigenvalue weighted by Gasteiger charge is -2.24. The number of halogens is 1. The van der Waals surface area contributed by atoms with Gasteiger partial charge in [-0.05, 0) is 56.6 Å². The van der Waals surface area contributed by atoms with Crippen molar-refractivity contribution in [2.75, 3.05) is 38.2 Å².